The Balaban J connectivity index is 2.15. The van der Waals surface area contributed by atoms with E-state index in [2.05, 4.69) is 15.0 Å². The molecule has 1 amide bonds. The summed E-state index contributed by atoms with van der Waals surface area (Å²) in [5, 5.41) is 12.8. The Morgan fingerprint density at radius 3 is 2.38 bits per heavy atom. The van der Waals surface area contributed by atoms with Gasteiger partial charge >= 0.3 is 5.69 Å². The summed E-state index contributed by atoms with van der Waals surface area (Å²) >= 11 is 1.26. The van der Waals surface area contributed by atoms with Crippen LogP contribution in [0.4, 0.5) is 5.82 Å². The summed E-state index contributed by atoms with van der Waals surface area (Å²) in [6.07, 6.45) is -1.86. The Hall–Kier alpha value is -1.48. The minimum absolute atomic E-state index is 0.0664. The molecule has 5 atom stereocenters. The lowest BCUT2D eigenvalue weighted by molar-refractivity contribution is -0.117. The van der Waals surface area contributed by atoms with Gasteiger partial charge in [-0.2, -0.15) is 4.98 Å². The van der Waals surface area contributed by atoms with Gasteiger partial charge in [0.05, 0.1) is 26.4 Å². The number of amides is 1. The number of rotatable bonds is 16. The predicted octanol–water partition coefficient (Wildman–Crippen LogP) is 3.18. The van der Waals surface area contributed by atoms with E-state index in [0.717, 1.165) is 0 Å². The highest BCUT2D eigenvalue weighted by atomic mass is 32.2. The molecule has 0 spiro atoms. The molecule has 2 N–H and O–H groups in total. The first-order valence-electron chi connectivity index (χ1n) is 14.0. The molecule has 42 heavy (non-hydrogen) atoms. The standard InChI is InChI=1S/C27H47N4O9PS/c1-17(2)31(18(3)4)41(38-13-12-37-14-15-42-25(34)27(6,7)8)40-22-20(16-32)39-24(23(22)36-9)30-11-10-21(28-19(5)33)29-26(30)35/h10-11,17-18,20,22-24,32H,12-16H2,1-9H3,(H,28,29,33,35)/t20-,22?,23+,24-,41?/m1/s1. The molecule has 0 radical (unpaired) electrons. The zero-order valence-electron chi connectivity index (χ0n) is 26.1. The highest BCUT2D eigenvalue weighted by Gasteiger charge is 2.49. The maximum Gasteiger partial charge on any atom is 0.351 e. The molecule has 0 bridgehead atoms. The van der Waals surface area contributed by atoms with Gasteiger partial charge in [0.25, 0.3) is 8.53 Å². The highest BCUT2D eigenvalue weighted by Crippen LogP contribution is 2.50. The number of aromatic nitrogens is 2. The van der Waals surface area contributed by atoms with Crippen LogP contribution in [0, 0.1) is 5.41 Å². The Morgan fingerprint density at radius 2 is 1.86 bits per heavy atom. The van der Waals surface area contributed by atoms with Crippen molar-refractivity contribution in [3.05, 3.63) is 22.7 Å². The van der Waals surface area contributed by atoms with Crippen molar-refractivity contribution in [2.24, 2.45) is 5.41 Å². The van der Waals surface area contributed by atoms with Gasteiger partial charge in [-0.25, -0.2) is 9.46 Å². The zero-order chi connectivity index (χ0) is 31.6. The first-order valence-corrected chi connectivity index (χ1v) is 16.1. The molecule has 0 saturated carbocycles. The van der Waals surface area contributed by atoms with Crippen LogP contribution in [0.1, 0.15) is 61.6 Å². The van der Waals surface area contributed by atoms with Gasteiger partial charge in [-0.1, -0.05) is 32.5 Å². The molecule has 15 heteroatoms. The minimum Gasteiger partial charge on any atom is -0.394 e. The van der Waals surface area contributed by atoms with Crippen LogP contribution in [0.5, 0.6) is 0 Å². The molecule has 2 unspecified atom stereocenters. The van der Waals surface area contributed by atoms with E-state index in [1.165, 1.54) is 42.6 Å². The summed E-state index contributed by atoms with van der Waals surface area (Å²) < 4.78 is 33.6. The van der Waals surface area contributed by atoms with Crippen LogP contribution in [0.25, 0.3) is 0 Å². The van der Waals surface area contributed by atoms with Crippen LogP contribution in [0.2, 0.25) is 0 Å². The number of thioether (sulfide) groups is 1. The van der Waals surface area contributed by atoms with Gasteiger partial charge in [0.2, 0.25) is 5.91 Å². The van der Waals surface area contributed by atoms with Crippen LogP contribution in [-0.4, -0.2) is 100 Å². The van der Waals surface area contributed by atoms with Crippen LogP contribution >= 0.6 is 20.3 Å². The molecule has 0 aliphatic carbocycles. The maximum atomic E-state index is 12.8. The second kappa shape index (κ2) is 17.1. The summed E-state index contributed by atoms with van der Waals surface area (Å²) in [4.78, 5) is 40.2. The van der Waals surface area contributed by atoms with E-state index < -0.39 is 44.2 Å². The van der Waals surface area contributed by atoms with Gasteiger partial charge in [-0.3, -0.25) is 14.2 Å². The fraction of sp³-hybridized carbons (Fsp3) is 0.778. The molecule has 1 fully saturated rings. The summed E-state index contributed by atoms with van der Waals surface area (Å²) in [5.74, 6) is 0.318. The molecular formula is C27H47N4O9PS. The lowest BCUT2D eigenvalue weighted by Crippen LogP contribution is -2.41. The Bertz CT molecular complexity index is 1060. The largest absolute Gasteiger partial charge is 0.394 e. The molecular weight excluding hydrogens is 587 g/mol. The predicted molar refractivity (Wildman–Crippen MR) is 162 cm³/mol. The Morgan fingerprint density at radius 1 is 1.19 bits per heavy atom. The molecule has 1 aliphatic heterocycles. The quantitative estimate of drug-likeness (QED) is 0.203. The van der Waals surface area contributed by atoms with Gasteiger partial charge in [-0.15, -0.1) is 0 Å². The third kappa shape index (κ3) is 10.6. The number of aliphatic hydroxyl groups excluding tert-OH is 1. The molecule has 1 aromatic heterocycles. The Labute approximate surface area is 253 Å². The molecule has 240 valence electrons. The normalized spacial score (nSPS) is 21.8. The van der Waals surface area contributed by atoms with E-state index in [-0.39, 0.29) is 42.1 Å². The first kappa shape index (κ1) is 36.7. The van der Waals surface area contributed by atoms with Gasteiger partial charge in [0.1, 0.15) is 24.1 Å². The van der Waals surface area contributed by atoms with Gasteiger partial charge in [0.15, 0.2) is 11.3 Å². The Kier molecular flexibility index (Phi) is 15.0. The number of methoxy groups -OCH3 is 1. The fourth-order valence-corrected chi connectivity index (χ4v) is 6.80. The second-order valence-corrected chi connectivity index (χ2v) is 13.8. The van der Waals surface area contributed by atoms with E-state index >= 15 is 0 Å². The number of carbonyl (C=O) groups is 2. The molecule has 1 aromatic rings. The first-order chi connectivity index (χ1) is 19.7. The molecule has 13 nitrogen and oxygen atoms in total. The number of ether oxygens (including phenoxy) is 3. The summed E-state index contributed by atoms with van der Waals surface area (Å²) in [5.41, 5.74) is -1.05. The van der Waals surface area contributed by atoms with E-state index in [9.17, 15) is 19.5 Å². The SMILES string of the molecule is CO[C@H]1C(OP(OCCOCCSC(=O)C(C)(C)C)N(C(C)C)C(C)C)[C@@H](CO)O[C@H]1n1ccc(NC(C)=O)nc1=O. The summed E-state index contributed by atoms with van der Waals surface area (Å²) in [6.45, 7) is 15.7. The number of hydrogen-bond donors (Lipinski definition) is 2. The fourth-order valence-electron chi connectivity index (χ4n) is 4.23. The monoisotopic (exact) mass is 634 g/mol. The van der Waals surface area contributed by atoms with E-state index in [1.807, 2.05) is 48.5 Å². The molecule has 2 rings (SSSR count). The molecule has 0 aromatic carbocycles. The van der Waals surface area contributed by atoms with E-state index in [1.54, 1.807) is 0 Å². The van der Waals surface area contributed by atoms with Gasteiger partial charge in [0, 0.05) is 43.5 Å². The summed E-state index contributed by atoms with van der Waals surface area (Å²) in [6, 6.07) is 1.61. The average molecular weight is 635 g/mol. The number of nitrogens with zero attached hydrogens (tertiary/aromatic N) is 3. The smallest absolute Gasteiger partial charge is 0.351 e. The van der Waals surface area contributed by atoms with E-state index in [0.29, 0.717) is 19.0 Å². The van der Waals surface area contributed by atoms with Crippen molar-refractivity contribution in [3.63, 3.8) is 0 Å². The third-order valence-electron chi connectivity index (χ3n) is 6.11. The lowest BCUT2D eigenvalue weighted by Gasteiger charge is -2.38. The number of anilines is 1. The second-order valence-electron chi connectivity index (χ2n) is 11.3. The number of aliphatic hydroxyl groups is 1. The highest BCUT2D eigenvalue weighted by molar-refractivity contribution is 8.13. The topological polar surface area (TPSA) is 151 Å². The van der Waals surface area contributed by atoms with Crippen molar-refractivity contribution in [1.29, 1.82) is 0 Å². The molecule has 1 saturated heterocycles. The van der Waals surface area contributed by atoms with Gasteiger partial charge < -0.3 is 33.7 Å². The number of nitrogens with one attached hydrogen (secondary N) is 1. The van der Waals surface area contributed by atoms with Gasteiger partial charge in [-0.05, 0) is 33.8 Å². The summed E-state index contributed by atoms with van der Waals surface area (Å²) in [7, 11) is -0.192. The minimum atomic E-state index is -1.67. The van der Waals surface area contributed by atoms with E-state index in [4.69, 9.17) is 23.3 Å². The van der Waals surface area contributed by atoms with Crippen molar-refractivity contribution in [1.82, 2.24) is 14.2 Å². The van der Waals surface area contributed by atoms with Crippen LogP contribution in [0.15, 0.2) is 17.1 Å². The third-order valence-corrected chi connectivity index (χ3v) is 9.48. The molecule has 2 heterocycles. The average Bonchev–Trinajstić information content (AvgIpc) is 3.23. The molecule has 1 aliphatic rings. The maximum absolute atomic E-state index is 12.8. The van der Waals surface area contributed by atoms with Crippen LogP contribution in [-0.2, 0) is 32.8 Å². The van der Waals surface area contributed by atoms with Crippen molar-refractivity contribution < 1.29 is 38.0 Å². The van der Waals surface area contributed by atoms with Crippen molar-refractivity contribution >= 4 is 37.1 Å². The van der Waals surface area contributed by atoms with Crippen molar-refractivity contribution in [2.45, 2.75) is 92.0 Å². The van der Waals surface area contributed by atoms with Crippen LogP contribution in [0.3, 0.4) is 0 Å². The number of hydrogen-bond acceptors (Lipinski definition) is 12. The zero-order valence-corrected chi connectivity index (χ0v) is 27.8. The van der Waals surface area contributed by atoms with Crippen molar-refractivity contribution in [2.75, 3.05) is 44.6 Å². The van der Waals surface area contributed by atoms with Crippen LogP contribution < -0.4 is 11.0 Å². The number of carbonyl (C=O) groups excluding carboxylic acids is 2. The lowest BCUT2D eigenvalue weighted by atomic mass is 10.00. The van der Waals surface area contributed by atoms with Crippen molar-refractivity contribution in [3.8, 4) is 0 Å².